The van der Waals surface area contributed by atoms with Gasteiger partial charge in [0.25, 0.3) is 0 Å². The Morgan fingerprint density at radius 2 is 1.84 bits per heavy atom. The first-order chi connectivity index (χ1) is 8.89. The number of methoxy groups -OCH3 is 1. The van der Waals surface area contributed by atoms with Gasteiger partial charge < -0.3 is 14.4 Å². The quantitative estimate of drug-likeness (QED) is 0.713. The highest BCUT2D eigenvalue weighted by Crippen LogP contribution is 2.21. The molecule has 0 radical (unpaired) electrons. The molecule has 1 saturated heterocycles. The molecule has 0 aliphatic carbocycles. The number of piperidine rings is 1. The molecule has 0 bridgehead atoms. The van der Waals surface area contributed by atoms with Gasteiger partial charge in [0.05, 0.1) is 24.5 Å². The topological polar surface area (TPSA) is 55.8 Å². The molecule has 19 heavy (non-hydrogen) atoms. The largest absolute Gasteiger partial charge is 0.466 e. The van der Waals surface area contributed by atoms with E-state index in [0.29, 0.717) is 39.0 Å². The van der Waals surface area contributed by atoms with Crippen LogP contribution in [-0.4, -0.2) is 49.2 Å². The summed E-state index contributed by atoms with van der Waals surface area (Å²) in [6, 6.07) is 0. The number of hydrogen-bond acceptors (Lipinski definition) is 4. The number of esters is 1. The Balaban J connectivity index is 2.41. The van der Waals surface area contributed by atoms with Crippen molar-refractivity contribution in [3.63, 3.8) is 0 Å². The number of nitrogens with zero attached hydrogens (tertiary/aromatic N) is 1. The summed E-state index contributed by atoms with van der Waals surface area (Å²) >= 11 is 0. The fourth-order valence-corrected chi connectivity index (χ4v) is 2.17. The van der Waals surface area contributed by atoms with Crippen LogP contribution in [0.4, 0.5) is 0 Å². The Bertz CT molecular complexity index is 319. The Hall–Kier alpha value is -1.10. The van der Waals surface area contributed by atoms with E-state index in [1.807, 2.05) is 25.7 Å². The average molecular weight is 271 g/mol. The fraction of sp³-hybridized carbons (Fsp3) is 0.857. The van der Waals surface area contributed by atoms with Gasteiger partial charge in [-0.05, 0) is 33.6 Å². The normalized spacial score (nSPS) is 17.4. The lowest BCUT2D eigenvalue weighted by atomic mass is 9.95. The lowest BCUT2D eigenvalue weighted by Crippen LogP contribution is -2.43. The molecule has 1 amide bonds. The molecule has 0 aromatic heterocycles. The standard InChI is InChI=1S/C14H25NO4/c1-5-19-13(17)11-6-8-15(9-7-11)12(16)10-14(2,3)18-4/h11H,5-10H2,1-4H3. The lowest BCUT2D eigenvalue weighted by molar-refractivity contribution is -0.152. The molecular formula is C14H25NO4. The van der Waals surface area contributed by atoms with Crippen LogP contribution in [0.1, 0.15) is 40.0 Å². The molecule has 0 aromatic rings. The van der Waals surface area contributed by atoms with Crippen LogP contribution in [0.15, 0.2) is 0 Å². The number of amides is 1. The Kier molecular flexibility index (Phi) is 5.79. The van der Waals surface area contributed by atoms with E-state index in [1.54, 1.807) is 7.11 Å². The van der Waals surface area contributed by atoms with E-state index in [2.05, 4.69) is 0 Å². The first-order valence-electron chi connectivity index (χ1n) is 6.89. The minimum absolute atomic E-state index is 0.0561. The zero-order valence-corrected chi connectivity index (χ0v) is 12.4. The van der Waals surface area contributed by atoms with Crippen molar-refractivity contribution in [1.29, 1.82) is 0 Å². The minimum atomic E-state index is -0.435. The van der Waals surface area contributed by atoms with Gasteiger partial charge in [0.15, 0.2) is 0 Å². The lowest BCUT2D eigenvalue weighted by Gasteiger charge is -2.33. The number of ether oxygens (including phenoxy) is 2. The minimum Gasteiger partial charge on any atom is -0.466 e. The third-order valence-corrected chi connectivity index (χ3v) is 3.60. The van der Waals surface area contributed by atoms with E-state index in [-0.39, 0.29) is 17.8 Å². The number of likely N-dealkylation sites (tertiary alicyclic amines) is 1. The Morgan fingerprint density at radius 3 is 2.32 bits per heavy atom. The maximum Gasteiger partial charge on any atom is 0.309 e. The van der Waals surface area contributed by atoms with Crippen molar-refractivity contribution in [2.75, 3.05) is 26.8 Å². The number of hydrogen-bond donors (Lipinski definition) is 0. The fourth-order valence-electron chi connectivity index (χ4n) is 2.17. The number of carbonyl (C=O) groups is 2. The van der Waals surface area contributed by atoms with E-state index < -0.39 is 5.60 Å². The van der Waals surface area contributed by atoms with Gasteiger partial charge >= 0.3 is 5.97 Å². The van der Waals surface area contributed by atoms with Crippen molar-refractivity contribution in [1.82, 2.24) is 4.90 Å². The molecule has 0 unspecified atom stereocenters. The molecular weight excluding hydrogens is 246 g/mol. The second kappa shape index (κ2) is 6.89. The summed E-state index contributed by atoms with van der Waals surface area (Å²) < 4.78 is 10.3. The highest BCUT2D eigenvalue weighted by molar-refractivity contribution is 5.78. The van der Waals surface area contributed by atoms with Crippen LogP contribution >= 0.6 is 0 Å². The van der Waals surface area contributed by atoms with Gasteiger partial charge in [-0.3, -0.25) is 9.59 Å². The molecule has 1 aliphatic rings. The van der Waals surface area contributed by atoms with E-state index in [0.717, 1.165) is 0 Å². The van der Waals surface area contributed by atoms with Gasteiger partial charge in [-0.15, -0.1) is 0 Å². The molecule has 5 nitrogen and oxygen atoms in total. The molecule has 1 fully saturated rings. The van der Waals surface area contributed by atoms with Crippen LogP contribution in [-0.2, 0) is 19.1 Å². The summed E-state index contributed by atoms with van der Waals surface area (Å²) in [5, 5.41) is 0. The zero-order chi connectivity index (χ0) is 14.5. The second-order valence-corrected chi connectivity index (χ2v) is 5.55. The Morgan fingerprint density at radius 1 is 1.26 bits per heavy atom. The molecule has 0 aromatic carbocycles. The summed E-state index contributed by atoms with van der Waals surface area (Å²) in [6.45, 7) is 7.28. The summed E-state index contributed by atoms with van der Waals surface area (Å²) in [7, 11) is 1.61. The van der Waals surface area contributed by atoms with Crippen molar-refractivity contribution in [3.05, 3.63) is 0 Å². The summed E-state index contributed by atoms with van der Waals surface area (Å²) in [4.78, 5) is 25.5. The predicted octanol–water partition coefficient (Wildman–Crippen LogP) is 1.60. The van der Waals surface area contributed by atoms with Crippen LogP contribution in [0.3, 0.4) is 0 Å². The highest BCUT2D eigenvalue weighted by Gasteiger charge is 2.30. The predicted molar refractivity (Wildman–Crippen MR) is 71.6 cm³/mol. The molecule has 110 valence electrons. The van der Waals surface area contributed by atoms with Gasteiger partial charge in [-0.25, -0.2) is 0 Å². The zero-order valence-electron chi connectivity index (χ0n) is 12.4. The van der Waals surface area contributed by atoms with Crippen LogP contribution in [0.2, 0.25) is 0 Å². The molecule has 0 atom stereocenters. The van der Waals surface area contributed by atoms with E-state index >= 15 is 0 Å². The van der Waals surface area contributed by atoms with Gasteiger partial charge in [-0.2, -0.15) is 0 Å². The molecule has 0 saturated carbocycles. The second-order valence-electron chi connectivity index (χ2n) is 5.55. The van der Waals surface area contributed by atoms with Crippen LogP contribution in [0, 0.1) is 5.92 Å². The van der Waals surface area contributed by atoms with Gasteiger partial charge in [0.1, 0.15) is 0 Å². The molecule has 1 heterocycles. The van der Waals surface area contributed by atoms with Crippen molar-refractivity contribution in [2.24, 2.45) is 5.92 Å². The number of rotatable bonds is 5. The maximum absolute atomic E-state index is 12.1. The van der Waals surface area contributed by atoms with E-state index in [9.17, 15) is 9.59 Å². The van der Waals surface area contributed by atoms with Gasteiger partial charge in [0, 0.05) is 20.2 Å². The smallest absolute Gasteiger partial charge is 0.309 e. The van der Waals surface area contributed by atoms with E-state index in [4.69, 9.17) is 9.47 Å². The number of carbonyl (C=O) groups excluding carboxylic acids is 2. The SMILES string of the molecule is CCOC(=O)C1CCN(C(=O)CC(C)(C)OC)CC1. The van der Waals surface area contributed by atoms with Crippen LogP contribution in [0.25, 0.3) is 0 Å². The van der Waals surface area contributed by atoms with Crippen LogP contribution < -0.4 is 0 Å². The third kappa shape index (κ3) is 4.82. The molecule has 0 spiro atoms. The molecule has 0 N–H and O–H groups in total. The van der Waals surface area contributed by atoms with Crippen LogP contribution in [0.5, 0.6) is 0 Å². The summed E-state index contributed by atoms with van der Waals surface area (Å²) in [6.07, 6.45) is 1.75. The molecule has 5 heteroatoms. The van der Waals surface area contributed by atoms with Gasteiger partial charge in [-0.1, -0.05) is 0 Å². The van der Waals surface area contributed by atoms with E-state index in [1.165, 1.54) is 0 Å². The first kappa shape index (κ1) is 16.0. The molecule has 1 aliphatic heterocycles. The maximum atomic E-state index is 12.1. The van der Waals surface area contributed by atoms with Crippen molar-refractivity contribution in [3.8, 4) is 0 Å². The highest BCUT2D eigenvalue weighted by atomic mass is 16.5. The van der Waals surface area contributed by atoms with Crippen molar-refractivity contribution >= 4 is 11.9 Å². The molecule has 1 rings (SSSR count). The van der Waals surface area contributed by atoms with Crippen molar-refractivity contribution < 1.29 is 19.1 Å². The summed E-state index contributed by atoms with van der Waals surface area (Å²) in [5.74, 6) is -0.0968. The van der Waals surface area contributed by atoms with Crippen molar-refractivity contribution in [2.45, 2.75) is 45.6 Å². The third-order valence-electron chi connectivity index (χ3n) is 3.60. The monoisotopic (exact) mass is 271 g/mol. The average Bonchev–Trinajstić information content (AvgIpc) is 2.38. The first-order valence-corrected chi connectivity index (χ1v) is 6.89. The summed E-state index contributed by atoms with van der Waals surface area (Å²) in [5.41, 5.74) is -0.435. The van der Waals surface area contributed by atoms with Gasteiger partial charge in [0.2, 0.25) is 5.91 Å². The Labute approximate surface area is 115 Å².